The minimum absolute atomic E-state index is 0.0289. The number of amides is 2. The molecule has 5 nitrogen and oxygen atoms in total. The van der Waals surface area contributed by atoms with E-state index in [0.717, 1.165) is 10.9 Å². The molecule has 0 radical (unpaired) electrons. The third-order valence-electron chi connectivity index (χ3n) is 3.26. The smallest absolute Gasteiger partial charge is 0.319 e. The Hall–Kier alpha value is -1.56. The second-order valence-electron chi connectivity index (χ2n) is 4.79. The third-order valence-corrected chi connectivity index (χ3v) is 3.75. The number of benzene rings is 1. The Morgan fingerprint density at radius 3 is 2.63 bits per heavy atom. The summed E-state index contributed by atoms with van der Waals surface area (Å²) in [5, 5.41) is 14.4. The molecule has 19 heavy (non-hydrogen) atoms. The van der Waals surface area contributed by atoms with Crippen LogP contribution in [0.4, 0.5) is 10.5 Å². The lowest BCUT2D eigenvalue weighted by Crippen LogP contribution is -2.55. The van der Waals surface area contributed by atoms with Crippen molar-refractivity contribution in [2.45, 2.75) is 31.2 Å². The molecule has 0 unspecified atom stereocenters. The van der Waals surface area contributed by atoms with E-state index >= 15 is 0 Å². The first-order valence-electron chi connectivity index (χ1n) is 6.06. The first kappa shape index (κ1) is 13.9. The van der Waals surface area contributed by atoms with Crippen molar-refractivity contribution >= 4 is 33.6 Å². The van der Waals surface area contributed by atoms with Crippen LogP contribution < -0.4 is 10.6 Å². The van der Waals surface area contributed by atoms with Gasteiger partial charge in [0.05, 0.1) is 12.0 Å². The van der Waals surface area contributed by atoms with Gasteiger partial charge in [0.15, 0.2) is 0 Å². The molecule has 2 rings (SSSR count). The van der Waals surface area contributed by atoms with Crippen molar-refractivity contribution < 1.29 is 14.7 Å². The van der Waals surface area contributed by atoms with E-state index in [4.69, 9.17) is 5.11 Å². The zero-order valence-corrected chi connectivity index (χ0v) is 11.9. The van der Waals surface area contributed by atoms with Crippen molar-refractivity contribution in [3.8, 4) is 0 Å². The summed E-state index contributed by atoms with van der Waals surface area (Å²) in [6.45, 7) is 0. The van der Waals surface area contributed by atoms with Crippen molar-refractivity contribution in [3.05, 3.63) is 28.7 Å². The Morgan fingerprint density at radius 2 is 2.11 bits per heavy atom. The number of carboxylic acids is 1. The fraction of sp³-hybridized carbons (Fsp3) is 0.385. The molecule has 0 bridgehead atoms. The number of carbonyl (C=O) groups excluding carboxylic acids is 1. The summed E-state index contributed by atoms with van der Waals surface area (Å²) in [6.07, 6.45) is 2.35. The highest BCUT2D eigenvalue weighted by Crippen LogP contribution is 2.35. The second-order valence-corrected chi connectivity index (χ2v) is 5.71. The van der Waals surface area contributed by atoms with E-state index in [-0.39, 0.29) is 12.5 Å². The highest BCUT2D eigenvalue weighted by Gasteiger charge is 2.40. The largest absolute Gasteiger partial charge is 0.481 e. The summed E-state index contributed by atoms with van der Waals surface area (Å²) in [6, 6.07) is 6.87. The van der Waals surface area contributed by atoms with Crippen LogP contribution in [0.2, 0.25) is 0 Å². The van der Waals surface area contributed by atoms with E-state index in [1.165, 1.54) is 0 Å². The molecule has 1 aromatic rings. The van der Waals surface area contributed by atoms with Crippen LogP contribution in [0.15, 0.2) is 28.7 Å². The number of carbonyl (C=O) groups is 2. The van der Waals surface area contributed by atoms with Crippen LogP contribution in [0.3, 0.4) is 0 Å². The van der Waals surface area contributed by atoms with Crippen molar-refractivity contribution in [2.24, 2.45) is 0 Å². The van der Waals surface area contributed by atoms with Gasteiger partial charge in [-0.05, 0) is 37.5 Å². The van der Waals surface area contributed by atoms with Gasteiger partial charge < -0.3 is 15.7 Å². The molecule has 3 N–H and O–H groups in total. The average Bonchev–Trinajstić information content (AvgIpc) is 2.25. The standard InChI is InChI=1S/C13H15BrN2O3/c14-9-3-1-4-10(7-9)15-12(19)16-13(5-2-6-13)8-11(17)18/h1,3-4,7H,2,5-6,8H2,(H,17,18)(H2,15,16,19). The van der Waals surface area contributed by atoms with Gasteiger partial charge in [-0.15, -0.1) is 0 Å². The van der Waals surface area contributed by atoms with Gasteiger partial charge >= 0.3 is 12.0 Å². The molecule has 1 aliphatic carbocycles. The summed E-state index contributed by atoms with van der Waals surface area (Å²) in [5.41, 5.74) is 0.0822. The van der Waals surface area contributed by atoms with E-state index < -0.39 is 11.5 Å². The summed E-state index contributed by atoms with van der Waals surface area (Å²) in [4.78, 5) is 22.7. The fourth-order valence-electron chi connectivity index (χ4n) is 2.21. The van der Waals surface area contributed by atoms with Crippen molar-refractivity contribution in [1.82, 2.24) is 5.32 Å². The zero-order valence-electron chi connectivity index (χ0n) is 10.3. The topological polar surface area (TPSA) is 78.4 Å². The van der Waals surface area contributed by atoms with Gasteiger partial charge in [0.2, 0.25) is 0 Å². The molecule has 1 fully saturated rings. The maximum Gasteiger partial charge on any atom is 0.319 e. The number of hydrogen-bond acceptors (Lipinski definition) is 2. The number of halogens is 1. The number of rotatable bonds is 4. The molecule has 0 heterocycles. The first-order chi connectivity index (χ1) is 8.99. The molecular formula is C13H15BrN2O3. The van der Waals surface area contributed by atoms with Crippen molar-refractivity contribution in [2.75, 3.05) is 5.32 Å². The van der Waals surface area contributed by atoms with E-state index in [2.05, 4.69) is 26.6 Å². The SMILES string of the molecule is O=C(O)CC1(NC(=O)Nc2cccc(Br)c2)CCC1. The highest BCUT2D eigenvalue weighted by molar-refractivity contribution is 9.10. The van der Waals surface area contributed by atoms with Crippen LogP contribution in [0, 0.1) is 0 Å². The number of anilines is 1. The maximum absolute atomic E-state index is 11.9. The van der Waals surface area contributed by atoms with Gasteiger partial charge in [0.1, 0.15) is 0 Å². The number of aliphatic carboxylic acids is 1. The Labute approximate surface area is 119 Å². The van der Waals surface area contributed by atoms with Crippen molar-refractivity contribution in [3.63, 3.8) is 0 Å². The number of hydrogen-bond donors (Lipinski definition) is 3. The summed E-state index contributed by atoms with van der Waals surface area (Å²) in [7, 11) is 0. The van der Waals surface area contributed by atoms with Crippen LogP contribution in [0.5, 0.6) is 0 Å². The lowest BCUT2D eigenvalue weighted by molar-refractivity contribution is -0.139. The third kappa shape index (κ3) is 3.70. The van der Waals surface area contributed by atoms with Crippen LogP contribution in [0.1, 0.15) is 25.7 Å². The number of nitrogens with one attached hydrogen (secondary N) is 2. The number of carboxylic acid groups (broad SMARTS) is 1. The van der Waals surface area contributed by atoms with Gasteiger partial charge in [-0.2, -0.15) is 0 Å². The predicted molar refractivity (Wildman–Crippen MR) is 75.1 cm³/mol. The van der Waals surface area contributed by atoms with E-state index in [1.807, 2.05) is 12.1 Å². The molecule has 0 saturated heterocycles. The van der Waals surface area contributed by atoms with Crippen LogP contribution >= 0.6 is 15.9 Å². The van der Waals surface area contributed by atoms with Gasteiger partial charge in [0, 0.05) is 10.2 Å². The molecule has 0 spiro atoms. The Morgan fingerprint density at radius 1 is 1.37 bits per heavy atom. The lowest BCUT2D eigenvalue weighted by atomic mass is 9.74. The molecule has 1 aromatic carbocycles. The van der Waals surface area contributed by atoms with E-state index in [1.54, 1.807) is 12.1 Å². The van der Waals surface area contributed by atoms with Gasteiger partial charge in [-0.25, -0.2) is 4.79 Å². The quantitative estimate of drug-likeness (QED) is 0.795. The monoisotopic (exact) mass is 326 g/mol. The van der Waals surface area contributed by atoms with Crippen LogP contribution in [-0.4, -0.2) is 22.6 Å². The fourth-order valence-corrected chi connectivity index (χ4v) is 2.61. The van der Waals surface area contributed by atoms with Crippen molar-refractivity contribution in [1.29, 1.82) is 0 Å². The molecular weight excluding hydrogens is 312 g/mol. The molecule has 0 aromatic heterocycles. The minimum atomic E-state index is -0.887. The predicted octanol–water partition coefficient (Wildman–Crippen LogP) is 2.97. The normalized spacial score (nSPS) is 16.3. The van der Waals surface area contributed by atoms with Crippen LogP contribution in [0.25, 0.3) is 0 Å². The van der Waals surface area contributed by atoms with E-state index in [0.29, 0.717) is 18.5 Å². The zero-order chi connectivity index (χ0) is 13.9. The molecule has 1 aliphatic rings. The Kier molecular flexibility index (Phi) is 4.09. The molecule has 0 aliphatic heterocycles. The van der Waals surface area contributed by atoms with Gasteiger partial charge in [-0.3, -0.25) is 4.79 Å². The summed E-state index contributed by atoms with van der Waals surface area (Å²) < 4.78 is 0.870. The molecule has 0 atom stereocenters. The van der Waals surface area contributed by atoms with Gasteiger partial charge in [0.25, 0.3) is 0 Å². The van der Waals surface area contributed by atoms with E-state index in [9.17, 15) is 9.59 Å². The maximum atomic E-state index is 11.9. The minimum Gasteiger partial charge on any atom is -0.481 e. The highest BCUT2D eigenvalue weighted by atomic mass is 79.9. The van der Waals surface area contributed by atoms with Crippen LogP contribution in [-0.2, 0) is 4.79 Å². The molecule has 6 heteroatoms. The molecule has 2 amide bonds. The Balaban J connectivity index is 1.95. The molecule has 1 saturated carbocycles. The lowest BCUT2D eigenvalue weighted by Gasteiger charge is -2.41. The molecule has 102 valence electrons. The van der Waals surface area contributed by atoms with Gasteiger partial charge in [-0.1, -0.05) is 22.0 Å². The first-order valence-corrected chi connectivity index (χ1v) is 6.85. The second kappa shape index (κ2) is 5.61. The summed E-state index contributed by atoms with van der Waals surface area (Å²) in [5.74, 6) is -0.887. The summed E-state index contributed by atoms with van der Waals surface area (Å²) >= 11 is 3.32. The average molecular weight is 327 g/mol. The number of urea groups is 1. The Bertz CT molecular complexity index is 500.